The number of morpholine rings is 1. The van der Waals surface area contributed by atoms with Crippen LogP contribution in [0, 0.1) is 6.92 Å². The number of amides is 1. The van der Waals surface area contributed by atoms with Crippen LogP contribution < -0.4 is 15.6 Å². The molecule has 0 spiro atoms. The van der Waals surface area contributed by atoms with Gasteiger partial charge in [0.2, 0.25) is 5.95 Å². The normalized spacial score (nSPS) is 14.0. The predicted molar refractivity (Wildman–Crippen MR) is 129 cm³/mol. The van der Waals surface area contributed by atoms with E-state index in [9.17, 15) is 4.79 Å². The van der Waals surface area contributed by atoms with Crippen LogP contribution in [0.2, 0.25) is 0 Å². The molecular weight excluding hydrogens is 434 g/mol. The Labute approximate surface area is 195 Å². The van der Waals surface area contributed by atoms with Crippen molar-refractivity contribution in [3.63, 3.8) is 0 Å². The van der Waals surface area contributed by atoms with E-state index in [-0.39, 0.29) is 17.6 Å². The van der Waals surface area contributed by atoms with Crippen LogP contribution in [0.5, 0.6) is 0 Å². The molecule has 2 aromatic heterocycles. The zero-order valence-corrected chi connectivity index (χ0v) is 18.6. The molecule has 0 unspecified atom stereocenters. The molecule has 0 radical (unpaired) electrons. The van der Waals surface area contributed by atoms with Gasteiger partial charge >= 0.3 is 5.91 Å². The van der Waals surface area contributed by atoms with E-state index < -0.39 is 5.91 Å². The number of rotatable bonds is 6. The Morgan fingerprint density at radius 1 is 1.06 bits per heavy atom. The minimum Gasteiger partial charge on any atom is -0.413 e. The van der Waals surface area contributed by atoms with Crippen LogP contribution in [0.1, 0.15) is 21.8 Å². The molecule has 1 aliphatic rings. The minimum atomic E-state index is -0.468. The number of aromatic nitrogens is 3. The van der Waals surface area contributed by atoms with Gasteiger partial charge in [-0.05, 0) is 24.6 Å². The number of aryl methyl sites for hydroxylation is 1. The Morgan fingerprint density at radius 3 is 2.68 bits per heavy atom. The highest BCUT2D eigenvalue weighted by Crippen LogP contribution is 2.27. The van der Waals surface area contributed by atoms with Crippen molar-refractivity contribution in [2.75, 3.05) is 41.9 Å². The van der Waals surface area contributed by atoms with Gasteiger partial charge in [0.05, 0.1) is 19.4 Å². The SMILES string of the molecule is Cc1cccc(/C=N/Nc2nc(N3CCOCC3)c3nc(C(=O)Nc4ccccc4)oc3n2)c1. The van der Waals surface area contributed by atoms with E-state index in [4.69, 9.17) is 9.15 Å². The smallest absolute Gasteiger partial charge is 0.311 e. The molecular formula is C24H23N7O3. The molecule has 2 N–H and O–H groups in total. The maximum Gasteiger partial charge on any atom is 0.311 e. The Morgan fingerprint density at radius 2 is 1.88 bits per heavy atom. The summed E-state index contributed by atoms with van der Waals surface area (Å²) in [6, 6.07) is 17.1. The van der Waals surface area contributed by atoms with Crippen molar-refractivity contribution < 1.29 is 13.9 Å². The van der Waals surface area contributed by atoms with E-state index in [1.54, 1.807) is 18.3 Å². The number of para-hydroxylation sites is 1. The fourth-order valence-corrected chi connectivity index (χ4v) is 3.57. The topological polar surface area (TPSA) is 118 Å². The number of oxazole rings is 1. The molecule has 0 aliphatic carbocycles. The molecule has 3 heterocycles. The maximum atomic E-state index is 12.7. The largest absolute Gasteiger partial charge is 0.413 e. The van der Waals surface area contributed by atoms with E-state index >= 15 is 0 Å². The number of carbonyl (C=O) groups excluding carboxylic acids is 1. The summed E-state index contributed by atoms with van der Waals surface area (Å²) in [5.74, 6) is 0.236. The fraction of sp³-hybridized carbons (Fsp3) is 0.208. The lowest BCUT2D eigenvalue weighted by Gasteiger charge is -2.27. The molecule has 10 heteroatoms. The lowest BCUT2D eigenvalue weighted by molar-refractivity contribution is 0.0992. The fourth-order valence-electron chi connectivity index (χ4n) is 3.57. The van der Waals surface area contributed by atoms with Gasteiger partial charge in [0.1, 0.15) is 0 Å². The number of fused-ring (bicyclic) bond motifs is 1. The third-order valence-corrected chi connectivity index (χ3v) is 5.20. The number of hydrazone groups is 1. The zero-order chi connectivity index (χ0) is 23.3. The Kier molecular flexibility index (Phi) is 6.13. The summed E-state index contributed by atoms with van der Waals surface area (Å²) in [5.41, 5.74) is 6.20. The van der Waals surface area contributed by atoms with Gasteiger partial charge in [-0.3, -0.25) is 4.79 Å². The first-order valence-corrected chi connectivity index (χ1v) is 10.9. The maximum absolute atomic E-state index is 12.7. The standard InChI is InChI=1S/C24H23N7O3/c1-16-6-5-7-17(14-16)15-25-30-24-28-20(31-10-12-33-13-11-31)19-22(29-24)34-23(27-19)21(32)26-18-8-3-2-4-9-18/h2-9,14-15H,10-13H2,1H3,(H,26,32)(H,28,29,30)/b25-15+. The van der Waals surface area contributed by atoms with E-state index in [0.717, 1.165) is 11.1 Å². The third-order valence-electron chi connectivity index (χ3n) is 5.20. The summed E-state index contributed by atoms with van der Waals surface area (Å²) in [6.07, 6.45) is 1.69. The molecule has 1 amide bonds. The second kappa shape index (κ2) is 9.67. The molecule has 4 aromatic rings. The first kappa shape index (κ1) is 21.5. The first-order chi connectivity index (χ1) is 16.7. The summed E-state index contributed by atoms with van der Waals surface area (Å²) in [7, 11) is 0. The van der Waals surface area contributed by atoms with Crippen LogP contribution in [-0.4, -0.2) is 53.4 Å². The van der Waals surface area contributed by atoms with Crippen LogP contribution in [0.3, 0.4) is 0 Å². The quantitative estimate of drug-likeness (QED) is 0.334. The van der Waals surface area contributed by atoms with Crippen LogP contribution in [0.25, 0.3) is 11.2 Å². The highest BCUT2D eigenvalue weighted by atomic mass is 16.5. The second-order valence-corrected chi connectivity index (χ2v) is 7.75. The number of ether oxygens (including phenoxy) is 1. The van der Waals surface area contributed by atoms with Gasteiger partial charge in [0.15, 0.2) is 11.3 Å². The summed E-state index contributed by atoms with van der Waals surface area (Å²) in [5, 5.41) is 7.03. The van der Waals surface area contributed by atoms with Gasteiger partial charge in [-0.25, -0.2) is 5.43 Å². The summed E-state index contributed by atoms with van der Waals surface area (Å²) in [4.78, 5) is 28.2. The number of benzene rings is 2. The molecule has 1 fully saturated rings. The van der Waals surface area contributed by atoms with Crippen molar-refractivity contribution >= 4 is 40.8 Å². The highest BCUT2D eigenvalue weighted by molar-refractivity contribution is 6.02. The van der Waals surface area contributed by atoms with Gasteiger partial charge in [0, 0.05) is 18.8 Å². The van der Waals surface area contributed by atoms with Gasteiger partial charge in [0.25, 0.3) is 11.6 Å². The molecule has 2 aromatic carbocycles. The summed E-state index contributed by atoms with van der Waals surface area (Å²) >= 11 is 0. The molecule has 5 rings (SSSR count). The average molecular weight is 457 g/mol. The molecule has 10 nitrogen and oxygen atoms in total. The van der Waals surface area contributed by atoms with E-state index in [2.05, 4.69) is 30.8 Å². The molecule has 1 saturated heterocycles. The number of hydrogen-bond donors (Lipinski definition) is 2. The molecule has 1 aliphatic heterocycles. The van der Waals surface area contributed by atoms with Crippen LogP contribution >= 0.6 is 0 Å². The molecule has 0 atom stereocenters. The molecule has 172 valence electrons. The van der Waals surface area contributed by atoms with E-state index in [1.165, 1.54) is 0 Å². The number of nitrogens with one attached hydrogen (secondary N) is 2. The molecule has 0 saturated carbocycles. The minimum absolute atomic E-state index is 0.0944. The van der Waals surface area contributed by atoms with Gasteiger partial charge < -0.3 is 19.4 Å². The number of carbonyl (C=O) groups is 1. The predicted octanol–water partition coefficient (Wildman–Crippen LogP) is 3.46. The van der Waals surface area contributed by atoms with Crippen LogP contribution in [0.15, 0.2) is 64.1 Å². The lowest BCUT2D eigenvalue weighted by atomic mass is 10.2. The van der Waals surface area contributed by atoms with Crippen LogP contribution in [-0.2, 0) is 4.74 Å². The third kappa shape index (κ3) is 4.86. The van der Waals surface area contributed by atoms with E-state index in [0.29, 0.717) is 43.3 Å². The molecule has 0 bridgehead atoms. The lowest BCUT2D eigenvalue weighted by Crippen LogP contribution is -2.37. The monoisotopic (exact) mass is 457 g/mol. The number of anilines is 3. The Hall–Kier alpha value is -4.31. The van der Waals surface area contributed by atoms with Gasteiger partial charge in [-0.1, -0.05) is 48.0 Å². The average Bonchev–Trinajstić information content (AvgIpc) is 3.29. The van der Waals surface area contributed by atoms with Crippen molar-refractivity contribution in [2.24, 2.45) is 5.10 Å². The number of hydrogen-bond acceptors (Lipinski definition) is 9. The van der Waals surface area contributed by atoms with Gasteiger partial charge in [-0.2, -0.15) is 20.1 Å². The Balaban J connectivity index is 1.45. The van der Waals surface area contributed by atoms with E-state index in [1.807, 2.05) is 54.3 Å². The van der Waals surface area contributed by atoms with Crippen LogP contribution in [0.4, 0.5) is 17.5 Å². The summed E-state index contributed by atoms with van der Waals surface area (Å²) < 4.78 is 11.2. The van der Waals surface area contributed by atoms with Crippen molar-refractivity contribution in [2.45, 2.75) is 6.92 Å². The van der Waals surface area contributed by atoms with Crippen molar-refractivity contribution in [1.29, 1.82) is 0 Å². The van der Waals surface area contributed by atoms with Gasteiger partial charge in [-0.15, -0.1) is 0 Å². The number of nitrogens with zero attached hydrogens (tertiary/aromatic N) is 5. The van der Waals surface area contributed by atoms with Crippen molar-refractivity contribution in [3.8, 4) is 0 Å². The van der Waals surface area contributed by atoms with Crippen molar-refractivity contribution in [3.05, 3.63) is 71.6 Å². The molecule has 34 heavy (non-hydrogen) atoms. The highest BCUT2D eigenvalue weighted by Gasteiger charge is 2.24. The first-order valence-electron chi connectivity index (χ1n) is 10.9. The second-order valence-electron chi connectivity index (χ2n) is 7.75. The zero-order valence-electron chi connectivity index (χ0n) is 18.6. The van der Waals surface area contributed by atoms with Crippen molar-refractivity contribution in [1.82, 2.24) is 15.0 Å². The Bertz CT molecular complexity index is 1330. The summed E-state index contributed by atoms with van der Waals surface area (Å²) in [6.45, 7) is 4.43.